The van der Waals surface area contributed by atoms with Crippen LogP contribution in [0.4, 0.5) is 4.39 Å². The van der Waals surface area contributed by atoms with Crippen LogP contribution in [0.2, 0.25) is 0 Å². The van der Waals surface area contributed by atoms with Crippen LogP contribution in [0.15, 0.2) is 28.0 Å². The number of hydrogen-bond acceptors (Lipinski definition) is 4. The van der Waals surface area contributed by atoms with Gasteiger partial charge in [0.15, 0.2) is 9.84 Å². The molecule has 108 valence electrons. The van der Waals surface area contributed by atoms with E-state index in [0.717, 1.165) is 24.5 Å². The number of sulfonamides is 1. The van der Waals surface area contributed by atoms with Crippen molar-refractivity contribution >= 4 is 19.9 Å². The Hall–Kier alpha value is -0.990. The van der Waals surface area contributed by atoms with E-state index >= 15 is 0 Å². The molecule has 0 atom stereocenters. The molecule has 0 amide bonds. The fourth-order valence-electron chi connectivity index (χ4n) is 1.38. The van der Waals surface area contributed by atoms with Crippen molar-refractivity contribution in [3.05, 3.63) is 24.0 Å². The molecule has 1 rings (SSSR count). The Morgan fingerprint density at radius 2 is 1.63 bits per heavy atom. The van der Waals surface area contributed by atoms with E-state index in [0.29, 0.717) is 0 Å². The lowest BCUT2D eigenvalue weighted by Crippen LogP contribution is -2.40. The third-order valence-electron chi connectivity index (χ3n) is 2.06. The van der Waals surface area contributed by atoms with Crippen molar-refractivity contribution in [2.24, 2.45) is 0 Å². The molecule has 0 spiro atoms. The first kappa shape index (κ1) is 16.1. The fraction of sp³-hybridized carbons (Fsp3) is 0.455. The summed E-state index contributed by atoms with van der Waals surface area (Å²) in [5.74, 6) is -0.996. The summed E-state index contributed by atoms with van der Waals surface area (Å²) in [6, 6.07) is 2.67. The lowest BCUT2D eigenvalue weighted by Gasteiger charge is -2.20. The topological polar surface area (TPSA) is 80.3 Å². The lowest BCUT2D eigenvalue weighted by atomic mass is 10.1. The van der Waals surface area contributed by atoms with Gasteiger partial charge in [-0.3, -0.25) is 0 Å². The predicted molar refractivity (Wildman–Crippen MR) is 69.6 cm³/mol. The van der Waals surface area contributed by atoms with Crippen molar-refractivity contribution in [3.8, 4) is 0 Å². The molecule has 0 bridgehead atoms. The Morgan fingerprint density at radius 3 is 2.05 bits per heavy atom. The Balaban J connectivity index is 3.43. The zero-order valence-electron chi connectivity index (χ0n) is 11.1. The van der Waals surface area contributed by atoms with Crippen LogP contribution in [0.1, 0.15) is 20.8 Å². The minimum atomic E-state index is -4.12. The SMILES string of the molecule is CC(C)(C)NS(=O)(=O)c1cc(S(C)(=O)=O)ccc1F. The minimum absolute atomic E-state index is 0.247. The summed E-state index contributed by atoms with van der Waals surface area (Å²) in [7, 11) is -7.73. The van der Waals surface area contributed by atoms with Crippen molar-refractivity contribution in [2.75, 3.05) is 6.26 Å². The van der Waals surface area contributed by atoms with E-state index in [9.17, 15) is 21.2 Å². The van der Waals surface area contributed by atoms with Gasteiger partial charge in [-0.25, -0.2) is 25.9 Å². The zero-order valence-corrected chi connectivity index (χ0v) is 12.7. The number of sulfone groups is 1. The standard InChI is InChI=1S/C11H16FNO4S2/c1-11(2,3)13-19(16,17)10-7-8(18(4,14)15)5-6-9(10)12/h5-7,13H,1-4H3. The third kappa shape index (κ3) is 4.26. The van der Waals surface area contributed by atoms with Gasteiger partial charge in [0.2, 0.25) is 10.0 Å². The summed E-state index contributed by atoms with van der Waals surface area (Å²) in [5, 5.41) is 0. The molecular weight excluding hydrogens is 293 g/mol. The molecule has 1 aromatic carbocycles. The summed E-state index contributed by atoms with van der Waals surface area (Å²) in [6.45, 7) is 4.80. The summed E-state index contributed by atoms with van der Waals surface area (Å²) in [6.07, 6.45) is 0.924. The second-order valence-electron chi connectivity index (χ2n) is 5.22. The molecule has 0 aliphatic heterocycles. The average molecular weight is 309 g/mol. The molecule has 0 aromatic heterocycles. The monoisotopic (exact) mass is 309 g/mol. The summed E-state index contributed by atoms with van der Waals surface area (Å²) in [4.78, 5) is -0.923. The van der Waals surface area contributed by atoms with Crippen molar-refractivity contribution in [1.29, 1.82) is 0 Å². The van der Waals surface area contributed by atoms with Crippen LogP contribution in [0.3, 0.4) is 0 Å². The van der Waals surface area contributed by atoms with Gasteiger partial charge in [0.25, 0.3) is 0 Å². The van der Waals surface area contributed by atoms with Gasteiger partial charge in [-0.15, -0.1) is 0 Å². The third-order valence-corrected chi connectivity index (χ3v) is 4.94. The van der Waals surface area contributed by atoms with E-state index in [1.54, 1.807) is 20.8 Å². The lowest BCUT2D eigenvalue weighted by molar-refractivity contribution is 0.486. The summed E-state index contributed by atoms with van der Waals surface area (Å²) >= 11 is 0. The van der Waals surface area contributed by atoms with Crippen molar-refractivity contribution in [1.82, 2.24) is 4.72 Å². The quantitative estimate of drug-likeness (QED) is 0.854. The first-order chi connectivity index (χ1) is 8.33. The molecule has 0 fully saturated rings. The van der Waals surface area contributed by atoms with Gasteiger partial charge >= 0.3 is 0 Å². The van der Waals surface area contributed by atoms with Gasteiger partial charge < -0.3 is 0 Å². The van der Waals surface area contributed by atoms with E-state index in [1.165, 1.54) is 0 Å². The van der Waals surface area contributed by atoms with E-state index in [1.807, 2.05) is 0 Å². The Kier molecular flexibility index (Phi) is 4.09. The maximum atomic E-state index is 13.6. The Morgan fingerprint density at radius 1 is 1.11 bits per heavy atom. The molecule has 19 heavy (non-hydrogen) atoms. The van der Waals surface area contributed by atoms with Gasteiger partial charge in [-0.2, -0.15) is 0 Å². The van der Waals surface area contributed by atoms with Crippen LogP contribution in [0.5, 0.6) is 0 Å². The highest BCUT2D eigenvalue weighted by molar-refractivity contribution is 7.91. The first-order valence-corrected chi connectivity index (χ1v) is 8.74. The van der Waals surface area contributed by atoms with Gasteiger partial charge in [-0.05, 0) is 39.0 Å². The van der Waals surface area contributed by atoms with Gasteiger partial charge in [0.1, 0.15) is 10.7 Å². The maximum absolute atomic E-state index is 13.6. The molecule has 1 N–H and O–H groups in total. The molecule has 1 aromatic rings. The fourth-order valence-corrected chi connectivity index (χ4v) is 3.62. The van der Waals surface area contributed by atoms with E-state index in [4.69, 9.17) is 0 Å². The largest absolute Gasteiger partial charge is 0.244 e. The Labute approximate surface area is 112 Å². The second-order valence-corrected chi connectivity index (χ2v) is 8.89. The highest BCUT2D eigenvalue weighted by atomic mass is 32.2. The van der Waals surface area contributed by atoms with Gasteiger partial charge in [-0.1, -0.05) is 0 Å². The molecule has 0 heterocycles. The number of benzene rings is 1. The molecule has 0 aliphatic rings. The molecule has 0 saturated heterocycles. The number of halogens is 1. The maximum Gasteiger partial charge on any atom is 0.244 e. The second kappa shape index (κ2) is 4.84. The molecule has 0 unspecified atom stereocenters. The number of rotatable bonds is 3. The van der Waals surface area contributed by atoms with E-state index in [-0.39, 0.29) is 4.90 Å². The van der Waals surface area contributed by atoms with Crippen LogP contribution in [-0.2, 0) is 19.9 Å². The summed E-state index contributed by atoms with van der Waals surface area (Å²) < 4.78 is 62.6. The van der Waals surface area contributed by atoms with Crippen molar-refractivity contribution in [3.63, 3.8) is 0 Å². The number of nitrogens with one attached hydrogen (secondary N) is 1. The van der Waals surface area contributed by atoms with Crippen LogP contribution >= 0.6 is 0 Å². The van der Waals surface area contributed by atoms with Crippen molar-refractivity contribution < 1.29 is 21.2 Å². The van der Waals surface area contributed by atoms with Crippen LogP contribution in [-0.4, -0.2) is 28.6 Å². The van der Waals surface area contributed by atoms with Crippen molar-refractivity contribution in [2.45, 2.75) is 36.1 Å². The van der Waals surface area contributed by atoms with Gasteiger partial charge in [0, 0.05) is 11.8 Å². The molecular formula is C11H16FNO4S2. The van der Waals surface area contributed by atoms with Crippen LogP contribution in [0.25, 0.3) is 0 Å². The Bertz CT molecular complexity index is 688. The molecule has 5 nitrogen and oxygen atoms in total. The van der Waals surface area contributed by atoms with Gasteiger partial charge in [0.05, 0.1) is 4.90 Å². The minimum Gasteiger partial charge on any atom is -0.224 e. The molecule has 0 saturated carbocycles. The van der Waals surface area contributed by atoms with Crippen LogP contribution < -0.4 is 4.72 Å². The zero-order chi connectivity index (χ0) is 15.1. The molecule has 0 aliphatic carbocycles. The normalized spacial score (nSPS) is 13.5. The predicted octanol–water partition coefficient (Wildman–Crippen LogP) is 1.31. The molecule has 8 heteroatoms. The smallest absolute Gasteiger partial charge is 0.224 e. The number of hydrogen-bond donors (Lipinski definition) is 1. The average Bonchev–Trinajstić information content (AvgIpc) is 2.11. The van der Waals surface area contributed by atoms with Crippen LogP contribution in [0, 0.1) is 5.82 Å². The van der Waals surface area contributed by atoms with E-state index < -0.39 is 36.1 Å². The highest BCUT2D eigenvalue weighted by Gasteiger charge is 2.26. The first-order valence-electron chi connectivity index (χ1n) is 5.36. The molecule has 0 radical (unpaired) electrons. The summed E-state index contributed by atoms with van der Waals surface area (Å²) in [5.41, 5.74) is -0.799. The highest BCUT2D eigenvalue weighted by Crippen LogP contribution is 2.20. The van der Waals surface area contributed by atoms with E-state index in [2.05, 4.69) is 4.72 Å².